The van der Waals surface area contributed by atoms with Crippen LogP contribution in [0.3, 0.4) is 0 Å². The molecule has 0 saturated carbocycles. The molecule has 0 saturated heterocycles. The van der Waals surface area contributed by atoms with Gasteiger partial charge < -0.3 is 10.4 Å². The van der Waals surface area contributed by atoms with E-state index >= 15 is 0 Å². The van der Waals surface area contributed by atoms with Gasteiger partial charge in [-0.15, -0.1) is 0 Å². The Morgan fingerprint density at radius 2 is 2.13 bits per heavy atom. The first-order valence-electron chi connectivity index (χ1n) is 5.40. The quantitative estimate of drug-likeness (QED) is 0.747. The predicted molar refractivity (Wildman–Crippen MR) is 60.7 cm³/mol. The van der Waals surface area contributed by atoms with Gasteiger partial charge in [-0.25, -0.2) is 4.98 Å². The van der Waals surface area contributed by atoms with Crippen molar-refractivity contribution < 1.29 is 5.11 Å². The molecule has 1 aromatic rings. The van der Waals surface area contributed by atoms with Gasteiger partial charge in [0, 0.05) is 25.5 Å². The van der Waals surface area contributed by atoms with Crippen LogP contribution in [0, 0.1) is 12.8 Å². The summed E-state index contributed by atoms with van der Waals surface area (Å²) in [7, 11) is 0. The summed E-state index contributed by atoms with van der Waals surface area (Å²) in [5.74, 6) is 1.34. The van der Waals surface area contributed by atoms with Crippen molar-refractivity contribution in [3.05, 3.63) is 18.1 Å². The molecule has 84 valence electrons. The molecule has 0 aliphatic carbocycles. The monoisotopic (exact) mass is 209 g/mol. The molecule has 4 nitrogen and oxygen atoms in total. The third kappa shape index (κ3) is 3.83. The largest absolute Gasteiger partial charge is 0.396 e. The molecule has 1 unspecified atom stereocenters. The summed E-state index contributed by atoms with van der Waals surface area (Å²) in [4.78, 5) is 8.36. The predicted octanol–water partition coefficient (Wildman–Crippen LogP) is 1.61. The number of nitrogens with one attached hydrogen (secondary N) is 1. The van der Waals surface area contributed by atoms with Gasteiger partial charge in [-0.05, 0) is 19.3 Å². The molecule has 1 rings (SSSR count). The Labute approximate surface area is 90.8 Å². The van der Waals surface area contributed by atoms with E-state index in [0.29, 0.717) is 5.92 Å². The van der Waals surface area contributed by atoms with Crippen LogP contribution in [-0.4, -0.2) is 28.2 Å². The van der Waals surface area contributed by atoms with Gasteiger partial charge in [0.2, 0.25) is 0 Å². The highest BCUT2D eigenvalue weighted by molar-refractivity contribution is 5.38. The molecular weight excluding hydrogens is 190 g/mol. The van der Waals surface area contributed by atoms with E-state index in [1.54, 1.807) is 12.4 Å². The number of hydrogen-bond donors (Lipinski definition) is 2. The lowest BCUT2D eigenvalue weighted by molar-refractivity contribution is 0.258. The molecule has 2 N–H and O–H groups in total. The second-order valence-corrected chi connectivity index (χ2v) is 3.66. The molecule has 0 aromatic carbocycles. The fourth-order valence-corrected chi connectivity index (χ4v) is 1.46. The zero-order valence-corrected chi connectivity index (χ0v) is 9.40. The molecule has 0 fully saturated rings. The Bertz CT molecular complexity index is 291. The van der Waals surface area contributed by atoms with Crippen LogP contribution in [0.1, 0.15) is 25.5 Å². The standard InChI is InChI=1S/C11H19N3O/c1-3-10(4-7-15)8-14-11-9(2)12-5-6-13-11/h5-6,10,15H,3-4,7-8H2,1-2H3,(H,13,14). The van der Waals surface area contributed by atoms with Crippen molar-refractivity contribution in [1.82, 2.24) is 9.97 Å². The zero-order chi connectivity index (χ0) is 11.1. The van der Waals surface area contributed by atoms with Crippen molar-refractivity contribution in [3.8, 4) is 0 Å². The molecule has 1 atom stereocenters. The number of rotatable bonds is 6. The van der Waals surface area contributed by atoms with Gasteiger partial charge in [0.1, 0.15) is 5.82 Å². The van der Waals surface area contributed by atoms with Gasteiger partial charge in [-0.3, -0.25) is 4.98 Å². The van der Waals surface area contributed by atoms with Crippen LogP contribution < -0.4 is 5.32 Å². The maximum absolute atomic E-state index is 8.86. The third-order valence-electron chi connectivity index (χ3n) is 2.55. The fourth-order valence-electron chi connectivity index (χ4n) is 1.46. The van der Waals surface area contributed by atoms with Crippen molar-refractivity contribution >= 4 is 5.82 Å². The van der Waals surface area contributed by atoms with Crippen LogP contribution in [0.25, 0.3) is 0 Å². The number of anilines is 1. The molecule has 0 amide bonds. The van der Waals surface area contributed by atoms with Crippen molar-refractivity contribution in [3.63, 3.8) is 0 Å². The summed E-state index contributed by atoms with van der Waals surface area (Å²) in [6.45, 7) is 5.16. The number of aliphatic hydroxyl groups excluding tert-OH is 1. The average molecular weight is 209 g/mol. The van der Waals surface area contributed by atoms with Gasteiger partial charge in [-0.1, -0.05) is 13.3 Å². The minimum Gasteiger partial charge on any atom is -0.396 e. The minimum atomic E-state index is 0.250. The van der Waals surface area contributed by atoms with Gasteiger partial charge in [0.15, 0.2) is 0 Å². The number of aromatic nitrogens is 2. The summed E-state index contributed by atoms with van der Waals surface area (Å²) in [5, 5.41) is 12.1. The lowest BCUT2D eigenvalue weighted by atomic mass is 10.0. The first-order chi connectivity index (χ1) is 7.27. The smallest absolute Gasteiger partial charge is 0.147 e. The summed E-state index contributed by atoms with van der Waals surface area (Å²) in [6.07, 6.45) is 5.27. The Balaban J connectivity index is 2.45. The third-order valence-corrected chi connectivity index (χ3v) is 2.55. The molecule has 0 spiro atoms. The van der Waals surface area contributed by atoms with E-state index in [-0.39, 0.29) is 6.61 Å². The average Bonchev–Trinajstić information content (AvgIpc) is 2.26. The number of nitrogens with zero attached hydrogens (tertiary/aromatic N) is 2. The lowest BCUT2D eigenvalue weighted by Crippen LogP contribution is -2.16. The number of aryl methyl sites for hydroxylation is 1. The van der Waals surface area contributed by atoms with E-state index in [0.717, 1.165) is 30.9 Å². The minimum absolute atomic E-state index is 0.250. The Morgan fingerprint density at radius 3 is 2.73 bits per heavy atom. The molecular formula is C11H19N3O. The number of hydrogen-bond acceptors (Lipinski definition) is 4. The zero-order valence-electron chi connectivity index (χ0n) is 9.40. The summed E-state index contributed by atoms with van der Waals surface area (Å²) >= 11 is 0. The van der Waals surface area contributed by atoms with Crippen molar-refractivity contribution in [1.29, 1.82) is 0 Å². The normalized spacial score (nSPS) is 12.5. The number of aliphatic hydroxyl groups is 1. The summed E-state index contributed by atoms with van der Waals surface area (Å²) < 4.78 is 0. The summed E-state index contributed by atoms with van der Waals surface area (Å²) in [5.41, 5.74) is 0.913. The highest BCUT2D eigenvalue weighted by Gasteiger charge is 2.06. The van der Waals surface area contributed by atoms with Crippen molar-refractivity contribution in [2.24, 2.45) is 5.92 Å². The van der Waals surface area contributed by atoms with Gasteiger partial charge in [0.05, 0.1) is 5.69 Å². The fraction of sp³-hybridized carbons (Fsp3) is 0.636. The van der Waals surface area contributed by atoms with Crippen LogP contribution in [0.5, 0.6) is 0 Å². The van der Waals surface area contributed by atoms with Crippen molar-refractivity contribution in [2.75, 3.05) is 18.5 Å². The molecule has 0 radical (unpaired) electrons. The summed E-state index contributed by atoms with van der Waals surface area (Å²) in [6, 6.07) is 0. The highest BCUT2D eigenvalue weighted by atomic mass is 16.3. The van der Waals surface area contributed by atoms with Crippen LogP contribution in [-0.2, 0) is 0 Å². The van der Waals surface area contributed by atoms with E-state index in [9.17, 15) is 0 Å². The van der Waals surface area contributed by atoms with Crippen molar-refractivity contribution in [2.45, 2.75) is 26.7 Å². The van der Waals surface area contributed by atoms with E-state index < -0.39 is 0 Å². The highest BCUT2D eigenvalue weighted by Crippen LogP contribution is 2.11. The molecule has 0 bridgehead atoms. The van der Waals surface area contributed by atoms with Crippen LogP contribution in [0.4, 0.5) is 5.82 Å². The van der Waals surface area contributed by atoms with Crippen LogP contribution in [0.15, 0.2) is 12.4 Å². The topological polar surface area (TPSA) is 58.0 Å². The van der Waals surface area contributed by atoms with Gasteiger partial charge >= 0.3 is 0 Å². The molecule has 0 aliphatic rings. The Morgan fingerprint density at radius 1 is 1.40 bits per heavy atom. The second-order valence-electron chi connectivity index (χ2n) is 3.66. The van der Waals surface area contributed by atoms with Gasteiger partial charge in [-0.2, -0.15) is 0 Å². The SMILES string of the molecule is CCC(CCO)CNc1nccnc1C. The first kappa shape index (κ1) is 11.9. The van der Waals surface area contributed by atoms with E-state index in [1.165, 1.54) is 0 Å². The molecule has 15 heavy (non-hydrogen) atoms. The first-order valence-corrected chi connectivity index (χ1v) is 5.40. The van der Waals surface area contributed by atoms with E-state index in [4.69, 9.17) is 5.11 Å². The molecule has 4 heteroatoms. The van der Waals surface area contributed by atoms with Crippen LogP contribution >= 0.6 is 0 Å². The van der Waals surface area contributed by atoms with E-state index in [1.807, 2.05) is 6.92 Å². The Kier molecular flexibility index (Phi) is 5.04. The van der Waals surface area contributed by atoms with Gasteiger partial charge in [0.25, 0.3) is 0 Å². The van der Waals surface area contributed by atoms with Crippen LogP contribution in [0.2, 0.25) is 0 Å². The van der Waals surface area contributed by atoms with E-state index in [2.05, 4.69) is 22.2 Å². The maximum atomic E-state index is 8.86. The molecule has 1 aromatic heterocycles. The Hall–Kier alpha value is -1.16. The second kappa shape index (κ2) is 6.35. The lowest BCUT2D eigenvalue weighted by Gasteiger charge is -2.15. The molecule has 0 aliphatic heterocycles. The maximum Gasteiger partial charge on any atom is 0.147 e. The molecule has 1 heterocycles.